The van der Waals surface area contributed by atoms with Crippen LogP contribution in [0.15, 0.2) is 35.5 Å². The van der Waals surface area contributed by atoms with Gasteiger partial charge in [-0.1, -0.05) is 66.2 Å². The molecule has 2 aromatic rings. The molecule has 7 amide bonds. The molecule has 7 atom stereocenters. The van der Waals surface area contributed by atoms with Crippen molar-refractivity contribution in [3.8, 4) is 0 Å². The van der Waals surface area contributed by atoms with E-state index in [2.05, 4.69) is 41.9 Å². The van der Waals surface area contributed by atoms with Gasteiger partial charge < -0.3 is 54.1 Å². The predicted octanol–water partition coefficient (Wildman–Crippen LogP) is -0.300. The molecule has 1 saturated heterocycles. The van der Waals surface area contributed by atoms with E-state index in [1.165, 1.54) is 0 Å². The van der Waals surface area contributed by atoms with E-state index in [0.29, 0.717) is 12.0 Å². The van der Waals surface area contributed by atoms with Crippen LogP contribution in [0.2, 0.25) is 0 Å². The summed E-state index contributed by atoms with van der Waals surface area (Å²) in [5.74, 6) is -6.06. The van der Waals surface area contributed by atoms with Gasteiger partial charge >= 0.3 is 0 Å². The predicted molar refractivity (Wildman–Crippen MR) is 216 cm³/mol. The van der Waals surface area contributed by atoms with E-state index >= 15 is 0 Å². The largest absolute Gasteiger partial charge is 0.370 e. The van der Waals surface area contributed by atoms with E-state index in [0.717, 1.165) is 10.9 Å². The summed E-state index contributed by atoms with van der Waals surface area (Å²) in [4.78, 5) is 104. The number of hydrogen-bond donors (Lipinski definition) is 10. The molecule has 18 heteroatoms. The number of H-pyrrole nitrogens is 1. The summed E-state index contributed by atoms with van der Waals surface area (Å²) < 4.78 is 0. The molecular formula is C39H61N11O7. The second-order valence-electron chi connectivity index (χ2n) is 15.6. The van der Waals surface area contributed by atoms with Crippen LogP contribution >= 0.6 is 0 Å². The molecule has 0 bridgehead atoms. The molecule has 57 heavy (non-hydrogen) atoms. The molecule has 13 N–H and O–H groups in total. The lowest BCUT2D eigenvalue weighted by atomic mass is 9.95. The fourth-order valence-corrected chi connectivity index (χ4v) is 6.62. The molecule has 0 aliphatic carbocycles. The van der Waals surface area contributed by atoms with Gasteiger partial charge in [0.05, 0.1) is 6.42 Å². The van der Waals surface area contributed by atoms with Gasteiger partial charge in [-0.3, -0.25) is 38.6 Å². The summed E-state index contributed by atoms with van der Waals surface area (Å²) >= 11 is 0. The van der Waals surface area contributed by atoms with E-state index in [1.54, 1.807) is 13.1 Å². The molecule has 1 fully saturated rings. The number of nitrogens with one attached hydrogen (secondary N) is 7. The number of aromatic nitrogens is 1. The highest BCUT2D eigenvalue weighted by Crippen LogP contribution is 2.20. The normalized spacial score (nSPS) is 23.6. The molecule has 18 nitrogen and oxygen atoms in total. The molecule has 1 aliphatic heterocycles. The lowest BCUT2D eigenvalue weighted by Gasteiger charge is -2.31. The highest BCUT2D eigenvalue weighted by atomic mass is 16.2. The average Bonchev–Trinajstić information content (AvgIpc) is 3.54. The Morgan fingerprint density at radius 3 is 1.77 bits per heavy atom. The van der Waals surface area contributed by atoms with E-state index in [4.69, 9.17) is 17.2 Å². The SMILES string of the molecule is CC[C@H](C)[C@@H]1NC(=O)[C@@H](CC(C)C)NC(=O)[C@H](CC(C)C)NC(=O)[C@H](Cc2c[nH]c3ccccc23)NC(=O)[C@@H](CCCN=C(N)N)NC(=O)[C@H](CC(N)=O)NC1=O. The number of primary amides is 1. The number of aliphatic imine (C=N–C) groups is 1. The van der Waals surface area contributed by atoms with Gasteiger partial charge in [0.1, 0.15) is 36.3 Å². The first-order valence-corrected chi connectivity index (χ1v) is 19.6. The minimum Gasteiger partial charge on any atom is -0.370 e. The fraction of sp³-hybridized carbons (Fsp3) is 0.590. The molecule has 0 spiro atoms. The third-order valence-corrected chi connectivity index (χ3v) is 9.82. The van der Waals surface area contributed by atoms with Gasteiger partial charge in [0.2, 0.25) is 41.4 Å². The molecule has 0 unspecified atom stereocenters. The lowest BCUT2D eigenvalue weighted by Crippen LogP contribution is -2.62. The van der Waals surface area contributed by atoms with E-state index < -0.39 is 89.9 Å². The van der Waals surface area contributed by atoms with Gasteiger partial charge in [0.25, 0.3) is 0 Å². The molecule has 314 valence electrons. The highest BCUT2D eigenvalue weighted by Gasteiger charge is 2.37. The molecule has 0 saturated carbocycles. The lowest BCUT2D eigenvalue weighted by molar-refractivity contribution is -0.138. The van der Waals surface area contributed by atoms with Crippen LogP contribution in [0, 0.1) is 17.8 Å². The number of aromatic amines is 1. The third kappa shape index (κ3) is 14.1. The number of para-hydroxylation sites is 1. The Labute approximate surface area is 333 Å². The van der Waals surface area contributed by atoms with Crippen LogP contribution < -0.4 is 49.1 Å². The summed E-state index contributed by atoms with van der Waals surface area (Å²) in [7, 11) is 0. The first-order chi connectivity index (χ1) is 26.9. The standard InChI is InChI=1S/C39H61N11O7/c1-7-22(6)32-38(57)49-30(18-31(40)51)36(55)45-26(13-10-14-43-39(41)42)33(52)48-29(17-23-19-44-25-12-9-8-11-24(23)25)35(54)46-27(15-20(2)3)34(53)47-28(16-21(4)5)37(56)50-32/h8-9,11-12,19-22,26-30,32,44H,7,10,13-18H2,1-6H3,(H2,40,51)(H,45,55)(H,46,54)(H,47,53)(H,48,52)(H,49,57)(H,50,56)(H4,41,42,43)/t22-,26+,27-,28+,29-,30-,32-/m0/s1. The summed E-state index contributed by atoms with van der Waals surface area (Å²) in [6, 6.07) is -0.106. The Balaban J connectivity index is 2.17. The zero-order valence-corrected chi connectivity index (χ0v) is 33.8. The van der Waals surface area contributed by atoms with Crippen LogP contribution in [-0.4, -0.2) is 95.1 Å². The van der Waals surface area contributed by atoms with Crippen molar-refractivity contribution in [1.82, 2.24) is 36.9 Å². The average molecular weight is 796 g/mol. The van der Waals surface area contributed by atoms with Crippen LogP contribution in [0.3, 0.4) is 0 Å². The molecule has 2 heterocycles. The number of carbonyl (C=O) groups is 7. The summed E-state index contributed by atoms with van der Waals surface area (Å²) in [6.07, 6.45) is 2.11. The van der Waals surface area contributed by atoms with E-state index in [1.807, 2.05) is 58.9 Å². The van der Waals surface area contributed by atoms with Crippen molar-refractivity contribution >= 4 is 58.2 Å². The van der Waals surface area contributed by atoms with Crippen molar-refractivity contribution in [1.29, 1.82) is 0 Å². The van der Waals surface area contributed by atoms with Crippen molar-refractivity contribution in [3.05, 3.63) is 36.0 Å². The smallest absolute Gasteiger partial charge is 0.243 e. The Morgan fingerprint density at radius 1 is 0.684 bits per heavy atom. The Hall–Kier alpha value is -5.68. The second-order valence-corrected chi connectivity index (χ2v) is 15.6. The van der Waals surface area contributed by atoms with Crippen LogP contribution in [0.25, 0.3) is 10.9 Å². The Morgan fingerprint density at radius 2 is 1.19 bits per heavy atom. The number of rotatable bonds is 14. The van der Waals surface area contributed by atoms with Crippen molar-refractivity contribution in [2.45, 2.75) is 123 Å². The zero-order valence-electron chi connectivity index (χ0n) is 33.8. The first-order valence-electron chi connectivity index (χ1n) is 19.6. The van der Waals surface area contributed by atoms with Crippen LogP contribution in [0.5, 0.6) is 0 Å². The number of hydrogen-bond acceptors (Lipinski definition) is 8. The number of carbonyl (C=O) groups excluding carboxylic acids is 7. The van der Waals surface area contributed by atoms with Crippen LogP contribution in [0.4, 0.5) is 0 Å². The van der Waals surface area contributed by atoms with Crippen molar-refractivity contribution in [2.75, 3.05) is 6.54 Å². The maximum atomic E-state index is 14.3. The number of amides is 7. The van der Waals surface area contributed by atoms with Crippen molar-refractivity contribution < 1.29 is 33.6 Å². The van der Waals surface area contributed by atoms with Crippen molar-refractivity contribution in [3.63, 3.8) is 0 Å². The maximum absolute atomic E-state index is 14.3. The van der Waals surface area contributed by atoms with E-state index in [9.17, 15) is 33.6 Å². The number of nitrogens with two attached hydrogens (primary N) is 3. The van der Waals surface area contributed by atoms with Gasteiger partial charge in [-0.05, 0) is 55.1 Å². The fourth-order valence-electron chi connectivity index (χ4n) is 6.62. The van der Waals surface area contributed by atoms with Gasteiger partial charge in [-0.25, -0.2) is 0 Å². The van der Waals surface area contributed by atoms with Crippen molar-refractivity contribution in [2.24, 2.45) is 39.9 Å². The zero-order chi connectivity index (χ0) is 42.4. The maximum Gasteiger partial charge on any atom is 0.243 e. The minimum absolute atomic E-state index is 0.0119. The van der Waals surface area contributed by atoms with Gasteiger partial charge in [0.15, 0.2) is 5.96 Å². The first kappa shape index (κ1) is 45.7. The number of fused-ring (bicyclic) bond motifs is 1. The minimum atomic E-state index is -1.54. The topological polar surface area (TPSA) is 298 Å². The van der Waals surface area contributed by atoms with Crippen LogP contribution in [0.1, 0.15) is 85.6 Å². The molecular weight excluding hydrogens is 734 g/mol. The molecule has 3 rings (SSSR count). The summed E-state index contributed by atoms with van der Waals surface area (Å²) in [6.45, 7) is 11.1. The van der Waals surface area contributed by atoms with Gasteiger partial charge in [-0.2, -0.15) is 0 Å². The molecule has 1 aromatic heterocycles. The second kappa shape index (κ2) is 21.6. The molecule has 1 aliphatic rings. The quantitative estimate of drug-likeness (QED) is 0.0681. The van der Waals surface area contributed by atoms with Gasteiger partial charge in [-0.15, -0.1) is 0 Å². The Kier molecular flexibility index (Phi) is 17.3. The number of benzene rings is 1. The summed E-state index contributed by atoms with van der Waals surface area (Å²) in [5, 5.41) is 17.1. The van der Waals surface area contributed by atoms with E-state index in [-0.39, 0.29) is 56.4 Å². The number of nitrogens with zero attached hydrogens (tertiary/aromatic N) is 1. The monoisotopic (exact) mass is 795 g/mol. The Bertz CT molecular complexity index is 1770. The third-order valence-electron chi connectivity index (χ3n) is 9.82. The van der Waals surface area contributed by atoms with Gasteiger partial charge in [0, 0.05) is 30.1 Å². The molecule has 0 radical (unpaired) electrons. The summed E-state index contributed by atoms with van der Waals surface area (Å²) in [5.41, 5.74) is 18.0. The van der Waals surface area contributed by atoms with Crippen LogP contribution in [-0.2, 0) is 40.0 Å². The highest BCUT2D eigenvalue weighted by molar-refractivity contribution is 5.99. The molecule has 1 aromatic carbocycles. The number of guanidine groups is 1.